The van der Waals surface area contributed by atoms with Crippen LogP contribution in [0.15, 0.2) is 115 Å². The molecule has 0 heterocycles. The average molecular weight is 466 g/mol. The zero-order valence-corrected chi connectivity index (χ0v) is 17.5. The van der Waals surface area contributed by atoms with Gasteiger partial charge in [-0.3, -0.25) is 0 Å². The van der Waals surface area contributed by atoms with Crippen LogP contribution in [-0.4, -0.2) is 0 Å². The van der Waals surface area contributed by atoms with Gasteiger partial charge >= 0.3 is 170 Å². The predicted octanol–water partition coefficient (Wildman–Crippen LogP) is 4.64. The predicted molar refractivity (Wildman–Crippen MR) is 125 cm³/mol. The summed E-state index contributed by atoms with van der Waals surface area (Å²) in [5.41, 5.74) is 0. The van der Waals surface area contributed by atoms with Crippen LogP contribution in [0.5, 0.6) is 0 Å². The topological polar surface area (TPSA) is 0 Å². The second-order valence-corrected chi connectivity index (χ2v) is 11.4. The normalized spacial score (nSPS) is 11.9. The maximum atomic E-state index is 2.38. The third-order valence-electron chi connectivity index (χ3n) is 4.90. The molecule has 0 N–H and O–H groups in total. The molecule has 0 saturated heterocycles. The SMILES string of the molecule is Ic1ccc([PH](c2ccccc2)(c2ccccc2)c2ccccc2)cc1. The van der Waals surface area contributed by atoms with Crippen molar-refractivity contribution in [2.45, 2.75) is 0 Å². The number of benzene rings is 4. The van der Waals surface area contributed by atoms with E-state index in [1.54, 1.807) is 0 Å². The molecule has 0 aliphatic rings. The molecular formula is C24H20IP. The number of rotatable bonds is 4. The van der Waals surface area contributed by atoms with E-state index in [-0.39, 0.29) is 0 Å². The van der Waals surface area contributed by atoms with Crippen molar-refractivity contribution in [3.63, 3.8) is 0 Å². The Morgan fingerprint density at radius 1 is 0.385 bits per heavy atom. The van der Waals surface area contributed by atoms with Gasteiger partial charge in [-0.25, -0.2) is 0 Å². The second-order valence-electron chi connectivity index (χ2n) is 6.35. The fraction of sp³-hybridized carbons (Fsp3) is 0. The first-order valence-electron chi connectivity index (χ1n) is 8.74. The van der Waals surface area contributed by atoms with Gasteiger partial charge in [0.1, 0.15) is 0 Å². The third-order valence-corrected chi connectivity index (χ3v) is 10.4. The maximum absolute atomic E-state index is 2.38. The van der Waals surface area contributed by atoms with Crippen LogP contribution in [0.25, 0.3) is 0 Å². The summed E-state index contributed by atoms with van der Waals surface area (Å²) in [7, 11) is -2.33. The van der Waals surface area contributed by atoms with Gasteiger partial charge in [0, 0.05) is 0 Å². The molecule has 4 aromatic rings. The van der Waals surface area contributed by atoms with Crippen molar-refractivity contribution in [2.75, 3.05) is 0 Å². The molecule has 0 spiro atoms. The van der Waals surface area contributed by atoms with E-state index in [9.17, 15) is 0 Å². The molecule has 0 bridgehead atoms. The van der Waals surface area contributed by atoms with Crippen molar-refractivity contribution >= 4 is 51.1 Å². The second kappa shape index (κ2) is 7.73. The first-order valence-corrected chi connectivity index (χ1v) is 11.8. The average Bonchev–Trinajstić information content (AvgIpc) is 2.72. The van der Waals surface area contributed by atoms with E-state index in [0.29, 0.717) is 0 Å². The third kappa shape index (κ3) is 3.11. The van der Waals surface area contributed by atoms with Gasteiger partial charge in [-0.15, -0.1) is 0 Å². The van der Waals surface area contributed by atoms with Crippen LogP contribution >= 0.6 is 29.9 Å². The summed E-state index contributed by atoms with van der Waals surface area (Å²) in [4.78, 5) is 0. The van der Waals surface area contributed by atoms with E-state index in [1.165, 1.54) is 24.8 Å². The van der Waals surface area contributed by atoms with Crippen LogP contribution < -0.4 is 21.2 Å². The Hall–Kier alpha value is -1.96. The van der Waals surface area contributed by atoms with E-state index in [2.05, 4.69) is 138 Å². The van der Waals surface area contributed by atoms with E-state index < -0.39 is 7.26 Å². The standard InChI is InChI=1S/C24H20IP/c25-20-16-18-24(19-17-20)26(21-10-4-1-5-11-21,22-12-6-2-7-13-22)23-14-8-3-9-15-23/h1-19,26H. The summed E-state index contributed by atoms with van der Waals surface area (Å²) in [5, 5.41) is 5.66. The van der Waals surface area contributed by atoms with Crippen LogP contribution in [0.1, 0.15) is 0 Å². The molecule has 0 saturated carbocycles. The first kappa shape index (κ1) is 17.5. The summed E-state index contributed by atoms with van der Waals surface area (Å²) in [5.74, 6) is 0. The van der Waals surface area contributed by atoms with Crippen LogP contribution in [0.4, 0.5) is 0 Å². The quantitative estimate of drug-likeness (QED) is 0.304. The van der Waals surface area contributed by atoms with Gasteiger partial charge in [0.25, 0.3) is 0 Å². The van der Waals surface area contributed by atoms with Crippen LogP contribution in [0.3, 0.4) is 0 Å². The van der Waals surface area contributed by atoms with Crippen LogP contribution in [-0.2, 0) is 0 Å². The Bertz CT molecular complexity index is 868. The van der Waals surface area contributed by atoms with Gasteiger partial charge in [-0.05, 0) is 0 Å². The van der Waals surface area contributed by atoms with Crippen molar-refractivity contribution in [3.05, 3.63) is 119 Å². The minimum atomic E-state index is -2.33. The Labute approximate surface area is 169 Å². The fourth-order valence-electron chi connectivity index (χ4n) is 3.76. The molecular weight excluding hydrogens is 446 g/mol. The van der Waals surface area contributed by atoms with Gasteiger partial charge in [0.05, 0.1) is 0 Å². The van der Waals surface area contributed by atoms with E-state index in [0.717, 1.165) is 0 Å². The van der Waals surface area contributed by atoms with Gasteiger partial charge < -0.3 is 0 Å². The van der Waals surface area contributed by atoms with E-state index in [1.807, 2.05) is 0 Å². The van der Waals surface area contributed by atoms with Gasteiger partial charge in [0.15, 0.2) is 0 Å². The van der Waals surface area contributed by atoms with Crippen molar-refractivity contribution < 1.29 is 0 Å². The molecule has 4 aromatic carbocycles. The summed E-state index contributed by atoms with van der Waals surface area (Å²) >= 11 is 2.38. The molecule has 0 fully saturated rings. The molecule has 0 nitrogen and oxygen atoms in total. The molecule has 2 heteroatoms. The van der Waals surface area contributed by atoms with Gasteiger partial charge in [-0.1, -0.05) is 0 Å². The Kier molecular flexibility index (Phi) is 5.19. The minimum absolute atomic E-state index is 1.27. The molecule has 0 aliphatic carbocycles. The zero-order valence-electron chi connectivity index (χ0n) is 14.3. The van der Waals surface area contributed by atoms with Crippen molar-refractivity contribution in [1.29, 1.82) is 0 Å². The molecule has 0 unspecified atom stereocenters. The van der Waals surface area contributed by atoms with E-state index in [4.69, 9.17) is 0 Å². The van der Waals surface area contributed by atoms with Crippen molar-refractivity contribution in [1.82, 2.24) is 0 Å². The Balaban J connectivity index is 2.12. The van der Waals surface area contributed by atoms with Gasteiger partial charge in [-0.2, -0.15) is 0 Å². The van der Waals surface area contributed by atoms with Crippen molar-refractivity contribution in [2.24, 2.45) is 0 Å². The van der Waals surface area contributed by atoms with Gasteiger partial charge in [0.2, 0.25) is 0 Å². The number of halogens is 1. The molecule has 4 rings (SSSR count). The van der Waals surface area contributed by atoms with E-state index >= 15 is 0 Å². The molecule has 128 valence electrons. The molecule has 0 aliphatic heterocycles. The summed E-state index contributed by atoms with van der Waals surface area (Å²) in [6, 6.07) is 42.2. The molecule has 0 radical (unpaired) electrons. The first-order chi connectivity index (χ1) is 12.8. The Morgan fingerprint density at radius 2 is 0.692 bits per heavy atom. The number of hydrogen-bond acceptors (Lipinski definition) is 0. The molecule has 26 heavy (non-hydrogen) atoms. The Morgan fingerprint density at radius 3 is 1.04 bits per heavy atom. The van der Waals surface area contributed by atoms with Crippen molar-refractivity contribution in [3.8, 4) is 0 Å². The fourth-order valence-corrected chi connectivity index (χ4v) is 8.87. The summed E-state index contributed by atoms with van der Waals surface area (Å²) < 4.78 is 1.27. The number of hydrogen-bond donors (Lipinski definition) is 0. The monoisotopic (exact) mass is 466 g/mol. The zero-order chi connectivity index (χ0) is 17.8. The molecule has 0 aromatic heterocycles. The summed E-state index contributed by atoms with van der Waals surface area (Å²) in [6.07, 6.45) is 0. The molecule has 0 amide bonds. The van der Waals surface area contributed by atoms with Crippen LogP contribution in [0.2, 0.25) is 0 Å². The molecule has 0 atom stereocenters. The summed E-state index contributed by atoms with van der Waals surface area (Å²) in [6.45, 7) is 0. The van der Waals surface area contributed by atoms with Crippen LogP contribution in [0, 0.1) is 3.57 Å².